The summed E-state index contributed by atoms with van der Waals surface area (Å²) in [6.07, 6.45) is 2.11. The van der Waals surface area contributed by atoms with E-state index in [1.165, 1.54) is 29.0 Å². The van der Waals surface area contributed by atoms with Crippen LogP contribution < -0.4 is 0 Å². The summed E-state index contributed by atoms with van der Waals surface area (Å²) in [5, 5.41) is 12.0. The lowest BCUT2D eigenvalue weighted by molar-refractivity contribution is -0.131. The van der Waals surface area contributed by atoms with Crippen LogP contribution in [0.3, 0.4) is 0 Å². The number of aromatic nitrogens is 1. The van der Waals surface area contributed by atoms with Crippen LogP contribution in [0.4, 0.5) is 4.39 Å². The molecule has 0 aliphatic carbocycles. The third-order valence-electron chi connectivity index (χ3n) is 5.17. The van der Waals surface area contributed by atoms with Crippen LogP contribution in [0.1, 0.15) is 30.0 Å². The molecule has 0 spiro atoms. The molecular formula is C22H21FN2O2S. The van der Waals surface area contributed by atoms with Gasteiger partial charge in [0.05, 0.1) is 12.1 Å². The smallest absolute Gasteiger partial charge is 0.228 e. The summed E-state index contributed by atoms with van der Waals surface area (Å²) in [6.45, 7) is 1.45. The fourth-order valence-electron chi connectivity index (χ4n) is 3.62. The van der Waals surface area contributed by atoms with Crippen molar-refractivity contribution in [1.29, 1.82) is 0 Å². The normalized spacial score (nSPS) is 15.0. The predicted molar refractivity (Wildman–Crippen MR) is 108 cm³/mol. The fraction of sp³-hybridized carbons (Fsp3) is 0.273. The largest absolute Gasteiger partial charge is 0.508 e. The Morgan fingerprint density at radius 3 is 2.64 bits per heavy atom. The zero-order chi connectivity index (χ0) is 19.5. The molecule has 1 aliphatic heterocycles. The van der Waals surface area contributed by atoms with E-state index < -0.39 is 0 Å². The highest BCUT2D eigenvalue weighted by atomic mass is 32.1. The van der Waals surface area contributed by atoms with Crippen molar-refractivity contribution < 1.29 is 14.3 Å². The summed E-state index contributed by atoms with van der Waals surface area (Å²) in [5.74, 6) is 0.489. The van der Waals surface area contributed by atoms with Gasteiger partial charge in [-0.25, -0.2) is 9.37 Å². The summed E-state index contributed by atoms with van der Waals surface area (Å²) in [7, 11) is 0. The Hall–Kier alpha value is -2.73. The van der Waals surface area contributed by atoms with Crippen LogP contribution in [0.2, 0.25) is 0 Å². The van der Waals surface area contributed by atoms with E-state index in [9.17, 15) is 14.3 Å². The average Bonchev–Trinajstić information content (AvgIpc) is 3.17. The van der Waals surface area contributed by atoms with Crippen LogP contribution in [0.25, 0.3) is 10.6 Å². The number of phenols is 1. The molecule has 4 nitrogen and oxygen atoms in total. The number of aromatic hydroxyl groups is 1. The second kappa shape index (κ2) is 8.10. The number of halogens is 1. The van der Waals surface area contributed by atoms with Crippen molar-refractivity contribution in [2.45, 2.75) is 25.2 Å². The van der Waals surface area contributed by atoms with E-state index >= 15 is 0 Å². The number of amides is 1. The van der Waals surface area contributed by atoms with Crippen molar-refractivity contribution in [2.75, 3.05) is 13.1 Å². The minimum Gasteiger partial charge on any atom is -0.508 e. The first-order chi connectivity index (χ1) is 13.6. The van der Waals surface area contributed by atoms with Crippen LogP contribution in [0.15, 0.2) is 53.9 Å². The lowest BCUT2D eigenvalue weighted by atomic mass is 9.89. The van der Waals surface area contributed by atoms with E-state index in [-0.39, 0.29) is 23.9 Å². The molecule has 1 aliphatic rings. The first-order valence-corrected chi connectivity index (χ1v) is 10.2. The molecule has 0 bridgehead atoms. The third kappa shape index (κ3) is 4.22. The minimum atomic E-state index is -0.290. The Morgan fingerprint density at radius 2 is 1.93 bits per heavy atom. The molecule has 0 saturated carbocycles. The summed E-state index contributed by atoms with van der Waals surface area (Å²) in [5.41, 5.74) is 2.68. The molecule has 1 N–H and O–H groups in total. The number of carbonyl (C=O) groups excluding carboxylic acids is 1. The number of nitrogens with zero attached hydrogens (tertiary/aromatic N) is 2. The highest BCUT2D eigenvalue weighted by molar-refractivity contribution is 7.13. The summed E-state index contributed by atoms with van der Waals surface area (Å²) in [6, 6.07) is 13.7. The summed E-state index contributed by atoms with van der Waals surface area (Å²) < 4.78 is 13.4. The van der Waals surface area contributed by atoms with Gasteiger partial charge in [0.25, 0.3) is 0 Å². The zero-order valence-corrected chi connectivity index (χ0v) is 16.2. The average molecular weight is 396 g/mol. The van der Waals surface area contributed by atoms with Crippen LogP contribution in [0, 0.1) is 5.82 Å². The molecule has 1 fully saturated rings. The van der Waals surface area contributed by atoms with Gasteiger partial charge in [-0.1, -0.05) is 24.3 Å². The summed E-state index contributed by atoms with van der Waals surface area (Å²) >= 11 is 1.43. The van der Waals surface area contributed by atoms with Crippen LogP contribution in [0.5, 0.6) is 5.75 Å². The van der Waals surface area contributed by atoms with Crippen LogP contribution >= 0.6 is 11.3 Å². The van der Waals surface area contributed by atoms with Crippen molar-refractivity contribution >= 4 is 17.2 Å². The van der Waals surface area contributed by atoms with Gasteiger partial charge in [-0.2, -0.15) is 0 Å². The molecule has 3 aromatic rings. The van der Waals surface area contributed by atoms with E-state index in [1.54, 1.807) is 18.2 Å². The van der Waals surface area contributed by atoms with Crippen molar-refractivity contribution in [3.63, 3.8) is 0 Å². The molecule has 144 valence electrons. The van der Waals surface area contributed by atoms with E-state index in [1.807, 2.05) is 28.5 Å². The number of carbonyl (C=O) groups is 1. The standard InChI is InChI=1S/C22H21FN2O2S/c23-18-3-1-2-17(12-18)22-24-19(14-28-22)13-21(27)25-10-8-16(9-11-25)15-4-6-20(26)7-5-15/h1-7,12,14,16,26H,8-11,13H2. The lowest BCUT2D eigenvalue weighted by Gasteiger charge is -2.32. The second-order valence-electron chi connectivity index (χ2n) is 7.08. The Balaban J connectivity index is 1.34. The van der Waals surface area contributed by atoms with Gasteiger partial charge >= 0.3 is 0 Å². The number of hydrogen-bond donors (Lipinski definition) is 1. The van der Waals surface area contributed by atoms with Gasteiger partial charge in [0.1, 0.15) is 16.6 Å². The highest BCUT2D eigenvalue weighted by Crippen LogP contribution is 2.30. The Morgan fingerprint density at radius 1 is 1.18 bits per heavy atom. The number of phenolic OH excluding ortho intramolecular Hbond substituents is 1. The topological polar surface area (TPSA) is 53.4 Å². The monoisotopic (exact) mass is 396 g/mol. The van der Waals surface area contributed by atoms with E-state index in [4.69, 9.17) is 0 Å². The second-order valence-corrected chi connectivity index (χ2v) is 7.94. The molecule has 1 amide bonds. The number of likely N-dealkylation sites (tertiary alicyclic amines) is 1. The third-order valence-corrected chi connectivity index (χ3v) is 6.11. The highest BCUT2D eigenvalue weighted by Gasteiger charge is 2.24. The van der Waals surface area contributed by atoms with Crippen molar-refractivity contribution in [3.05, 3.63) is 71.0 Å². The maximum absolute atomic E-state index is 13.4. The minimum absolute atomic E-state index is 0.0836. The molecule has 4 rings (SSSR count). The van der Waals surface area contributed by atoms with Crippen molar-refractivity contribution in [3.8, 4) is 16.3 Å². The Bertz CT molecular complexity index is 963. The van der Waals surface area contributed by atoms with Crippen LogP contribution in [-0.4, -0.2) is 34.0 Å². The molecular weight excluding hydrogens is 375 g/mol. The van der Waals surface area contributed by atoms with Gasteiger partial charge in [0.2, 0.25) is 5.91 Å². The Kier molecular flexibility index (Phi) is 5.39. The van der Waals surface area contributed by atoms with E-state index in [2.05, 4.69) is 4.98 Å². The number of hydrogen-bond acceptors (Lipinski definition) is 4. The van der Waals surface area contributed by atoms with Gasteiger partial charge in [-0.15, -0.1) is 11.3 Å². The quantitative estimate of drug-likeness (QED) is 0.701. The van der Waals surface area contributed by atoms with Gasteiger partial charge in [0.15, 0.2) is 0 Å². The Labute approximate surface area is 167 Å². The molecule has 2 heterocycles. The van der Waals surface area contributed by atoms with Crippen LogP contribution in [-0.2, 0) is 11.2 Å². The van der Waals surface area contributed by atoms with Crippen molar-refractivity contribution in [2.24, 2.45) is 0 Å². The number of piperidine rings is 1. The molecule has 6 heteroatoms. The molecule has 1 aromatic heterocycles. The van der Waals surface area contributed by atoms with Gasteiger partial charge < -0.3 is 10.0 Å². The maximum atomic E-state index is 13.4. The van der Waals surface area contributed by atoms with Crippen molar-refractivity contribution in [1.82, 2.24) is 9.88 Å². The maximum Gasteiger partial charge on any atom is 0.228 e. The molecule has 0 atom stereocenters. The van der Waals surface area contributed by atoms with Gasteiger partial charge in [-0.3, -0.25) is 4.79 Å². The molecule has 0 unspecified atom stereocenters. The lowest BCUT2D eigenvalue weighted by Crippen LogP contribution is -2.38. The predicted octanol–water partition coefficient (Wildman–Crippen LogP) is 4.60. The number of benzene rings is 2. The zero-order valence-electron chi connectivity index (χ0n) is 15.3. The SMILES string of the molecule is O=C(Cc1csc(-c2cccc(F)c2)n1)N1CCC(c2ccc(O)cc2)CC1. The van der Waals surface area contributed by atoms with Gasteiger partial charge in [0, 0.05) is 24.0 Å². The van der Waals surface area contributed by atoms with Gasteiger partial charge in [-0.05, 0) is 48.6 Å². The first-order valence-electron chi connectivity index (χ1n) is 9.35. The molecule has 0 radical (unpaired) electrons. The first kappa shape index (κ1) is 18.6. The number of rotatable bonds is 4. The van der Waals surface area contributed by atoms with E-state index in [0.717, 1.165) is 42.2 Å². The summed E-state index contributed by atoms with van der Waals surface area (Å²) in [4.78, 5) is 19.1. The molecule has 28 heavy (non-hydrogen) atoms. The van der Waals surface area contributed by atoms with E-state index in [0.29, 0.717) is 5.92 Å². The number of thiazole rings is 1. The molecule has 1 saturated heterocycles. The fourth-order valence-corrected chi connectivity index (χ4v) is 4.43. The molecule has 2 aromatic carbocycles.